The number of carbonyl (C=O) groups is 1. The summed E-state index contributed by atoms with van der Waals surface area (Å²) in [6.07, 6.45) is 1.85. The van der Waals surface area contributed by atoms with E-state index in [4.69, 9.17) is 10.9 Å². The maximum Gasteiger partial charge on any atom is 0.223 e. The number of amidine groups is 1. The Bertz CT molecular complexity index is 216. The minimum Gasteiger partial charge on any atom is -0.409 e. The van der Waals surface area contributed by atoms with E-state index < -0.39 is 0 Å². The minimum absolute atomic E-state index is 0.110. The first-order valence-corrected chi connectivity index (χ1v) is 4.95. The highest BCUT2D eigenvalue weighted by molar-refractivity contribution is 5.79. The van der Waals surface area contributed by atoms with Crippen molar-refractivity contribution in [2.24, 2.45) is 10.9 Å². The van der Waals surface area contributed by atoms with E-state index >= 15 is 0 Å². The number of nitrogens with one attached hydrogen (secondary N) is 1. The van der Waals surface area contributed by atoms with Crippen LogP contribution in [0.15, 0.2) is 5.16 Å². The van der Waals surface area contributed by atoms with Gasteiger partial charge < -0.3 is 21.2 Å². The van der Waals surface area contributed by atoms with E-state index in [2.05, 4.69) is 10.5 Å². The van der Waals surface area contributed by atoms with Gasteiger partial charge in [-0.15, -0.1) is 0 Å². The number of hydrogen-bond donors (Lipinski definition) is 3. The lowest BCUT2D eigenvalue weighted by Gasteiger charge is -2.10. The molecule has 4 N–H and O–H groups in total. The van der Waals surface area contributed by atoms with E-state index in [0.29, 0.717) is 19.4 Å². The molecule has 6 heteroatoms. The number of carbonyl (C=O) groups excluding carboxylic acids is 1. The van der Waals surface area contributed by atoms with Gasteiger partial charge in [0.25, 0.3) is 0 Å². The van der Waals surface area contributed by atoms with Gasteiger partial charge in [-0.2, -0.15) is 0 Å². The molecule has 0 radical (unpaired) electrons. The Labute approximate surface area is 90.1 Å². The molecule has 0 rings (SSSR count). The highest BCUT2D eigenvalue weighted by atomic mass is 16.4. The molecule has 0 aliphatic heterocycles. The first kappa shape index (κ1) is 13.7. The van der Waals surface area contributed by atoms with Crippen molar-refractivity contribution < 1.29 is 10.0 Å². The third kappa shape index (κ3) is 7.75. The molecule has 15 heavy (non-hydrogen) atoms. The van der Waals surface area contributed by atoms with Crippen molar-refractivity contribution in [2.75, 3.05) is 27.2 Å². The Kier molecular flexibility index (Phi) is 7.35. The Morgan fingerprint density at radius 2 is 2.07 bits per heavy atom. The van der Waals surface area contributed by atoms with Gasteiger partial charge >= 0.3 is 0 Å². The summed E-state index contributed by atoms with van der Waals surface area (Å²) < 4.78 is 0. The van der Waals surface area contributed by atoms with Crippen LogP contribution in [0.3, 0.4) is 0 Å². The van der Waals surface area contributed by atoms with Gasteiger partial charge in [0, 0.05) is 33.5 Å². The van der Waals surface area contributed by atoms with E-state index in [1.165, 1.54) is 0 Å². The molecule has 0 spiro atoms. The van der Waals surface area contributed by atoms with Crippen LogP contribution < -0.4 is 11.1 Å². The van der Waals surface area contributed by atoms with Gasteiger partial charge in [0.1, 0.15) is 5.84 Å². The maximum absolute atomic E-state index is 11.1. The number of rotatable bonds is 7. The zero-order valence-electron chi connectivity index (χ0n) is 9.36. The summed E-state index contributed by atoms with van der Waals surface area (Å²) in [7, 11) is 3.47. The lowest BCUT2D eigenvalue weighted by molar-refractivity contribution is -0.128. The zero-order chi connectivity index (χ0) is 11.7. The van der Waals surface area contributed by atoms with Gasteiger partial charge in [-0.25, -0.2) is 0 Å². The summed E-state index contributed by atoms with van der Waals surface area (Å²) in [6, 6.07) is 0. The van der Waals surface area contributed by atoms with Crippen molar-refractivity contribution in [3.8, 4) is 0 Å². The van der Waals surface area contributed by atoms with E-state index in [0.717, 1.165) is 13.0 Å². The van der Waals surface area contributed by atoms with Crippen molar-refractivity contribution in [1.29, 1.82) is 0 Å². The Hall–Kier alpha value is -1.30. The van der Waals surface area contributed by atoms with E-state index in [9.17, 15) is 4.79 Å². The Balaban J connectivity index is 3.29. The summed E-state index contributed by atoms with van der Waals surface area (Å²) in [5.41, 5.74) is 5.29. The van der Waals surface area contributed by atoms with Crippen LogP contribution in [-0.4, -0.2) is 49.0 Å². The number of amides is 1. The molecule has 88 valence electrons. The molecule has 1 amide bonds. The van der Waals surface area contributed by atoms with Gasteiger partial charge in [0.15, 0.2) is 0 Å². The first-order valence-electron chi connectivity index (χ1n) is 4.95. The lowest BCUT2D eigenvalue weighted by atomic mass is 10.3. The second-order valence-corrected chi connectivity index (χ2v) is 3.48. The normalized spacial score (nSPS) is 11.5. The maximum atomic E-state index is 11.1. The van der Waals surface area contributed by atoms with Crippen LogP contribution in [0.2, 0.25) is 0 Å². The lowest BCUT2D eigenvalue weighted by Crippen LogP contribution is -2.27. The Morgan fingerprint density at radius 3 is 2.60 bits per heavy atom. The van der Waals surface area contributed by atoms with Crippen molar-refractivity contribution in [3.05, 3.63) is 0 Å². The molecule has 0 aliphatic carbocycles. The minimum atomic E-state index is 0.110. The molecule has 0 bridgehead atoms. The first-order chi connectivity index (χ1) is 7.07. The summed E-state index contributed by atoms with van der Waals surface area (Å²) >= 11 is 0. The molecular weight excluding hydrogens is 196 g/mol. The van der Waals surface area contributed by atoms with Crippen LogP contribution in [0.25, 0.3) is 0 Å². The van der Waals surface area contributed by atoms with Crippen LogP contribution in [0.1, 0.15) is 19.3 Å². The summed E-state index contributed by atoms with van der Waals surface area (Å²) in [4.78, 5) is 12.7. The molecule has 0 saturated heterocycles. The molecule has 0 aliphatic rings. The van der Waals surface area contributed by atoms with Crippen LogP contribution in [0.5, 0.6) is 0 Å². The molecule has 0 saturated carbocycles. The average Bonchev–Trinajstić information content (AvgIpc) is 2.22. The van der Waals surface area contributed by atoms with Crippen molar-refractivity contribution in [3.63, 3.8) is 0 Å². The largest absolute Gasteiger partial charge is 0.409 e. The number of nitrogens with two attached hydrogens (primary N) is 1. The summed E-state index contributed by atoms with van der Waals surface area (Å²) in [6.45, 7) is 1.42. The summed E-state index contributed by atoms with van der Waals surface area (Å²) in [5.74, 6) is 0.347. The van der Waals surface area contributed by atoms with Crippen LogP contribution in [-0.2, 0) is 4.79 Å². The van der Waals surface area contributed by atoms with E-state index in [1.54, 1.807) is 19.0 Å². The van der Waals surface area contributed by atoms with Crippen LogP contribution in [0.4, 0.5) is 0 Å². The van der Waals surface area contributed by atoms with Crippen molar-refractivity contribution in [1.82, 2.24) is 10.2 Å². The molecule has 0 heterocycles. The molecule has 0 fully saturated rings. The van der Waals surface area contributed by atoms with Gasteiger partial charge in [-0.3, -0.25) is 4.79 Å². The van der Waals surface area contributed by atoms with Crippen molar-refractivity contribution in [2.45, 2.75) is 19.3 Å². The predicted octanol–water partition coefficient (Wildman–Crippen LogP) is -0.419. The zero-order valence-corrected chi connectivity index (χ0v) is 9.36. The highest BCUT2D eigenvalue weighted by Crippen LogP contribution is 1.88. The highest BCUT2D eigenvalue weighted by Gasteiger charge is 2.02. The molecule has 6 nitrogen and oxygen atoms in total. The van der Waals surface area contributed by atoms with E-state index in [-0.39, 0.29) is 11.7 Å². The van der Waals surface area contributed by atoms with Gasteiger partial charge in [-0.05, 0) is 13.0 Å². The third-order valence-corrected chi connectivity index (χ3v) is 1.93. The predicted molar refractivity (Wildman–Crippen MR) is 58.8 cm³/mol. The smallest absolute Gasteiger partial charge is 0.223 e. The SMILES string of the molecule is CN(C)C(=O)CCNCCCC(N)=NO. The molecule has 0 unspecified atom stereocenters. The van der Waals surface area contributed by atoms with Gasteiger partial charge in [0.2, 0.25) is 5.91 Å². The number of hydrogen-bond acceptors (Lipinski definition) is 4. The second kappa shape index (κ2) is 8.05. The topological polar surface area (TPSA) is 91.0 Å². The fourth-order valence-electron chi connectivity index (χ4n) is 0.988. The molecular formula is C9H20N4O2. The second-order valence-electron chi connectivity index (χ2n) is 3.48. The quantitative estimate of drug-likeness (QED) is 0.177. The number of oxime groups is 1. The fraction of sp³-hybridized carbons (Fsp3) is 0.778. The molecule has 0 aromatic carbocycles. The molecule has 0 aromatic heterocycles. The Morgan fingerprint density at radius 1 is 1.40 bits per heavy atom. The summed E-state index contributed by atoms with van der Waals surface area (Å²) in [5, 5.41) is 14.2. The standard InChI is InChI=1S/C9H20N4O2/c1-13(2)9(14)5-7-11-6-3-4-8(10)12-15/h11,15H,3-7H2,1-2H3,(H2,10,12). The third-order valence-electron chi connectivity index (χ3n) is 1.93. The number of nitrogens with zero attached hydrogens (tertiary/aromatic N) is 2. The average molecular weight is 216 g/mol. The van der Waals surface area contributed by atoms with Crippen molar-refractivity contribution >= 4 is 11.7 Å². The van der Waals surface area contributed by atoms with E-state index in [1.807, 2.05) is 0 Å². The molecule has 0 aromatic rings. The molecule has 0 atom stereocenters. The van der Waals surface area contributed by atoms with Crippen LogP contribution >= 0.6 is 0 Å². The van der Waals surface area contributed by atoms with Gasteiger partial charge in [0.05, 0.1) is 0 Å². The monoisotopic (exact) mass is 216 g/mol. The van der Waals surface area contributed by atoms with Gasteiger partial charge in [-0.1, -0.05) is 5.16 Å². The van der Waals surface area contributed by atoms with Crippen LogP contribution in [0, 0.1) is 0 Å². The fourth-order valence-corrected chi connectivity index (χ4v) is 0.988.